The smallest absolute Gasteiger partial charge is 0.138 e. The van der Waals surface area contributed by atoms with Crippen molar-refractivity contribution < 1.29 is 9.26 Å². The van der Waals surface area contributed by atoms with Crippen molar-refractivity contribution in [2.75, 3.05) is 6.54 Å². The Hall–Kier alpha value is -2.67. The maximum absolute atomic E-state index is 5.82. The van der Waals surface area contributed by atoms with Crippen molar-refractivity contribution >= 4 is 0 Å². The van der Waals surface area contributed by atoms with E-state index in [1.165, 1.54) is 0 Å². The highest BCUT2D eigenvalue weighted by atomic mass is 16.5. The molecule has 0 amide bonds. The van der Waals surface area contributed by atoms with E-state index in [-0.39, 0.29) is 6.04 Å². The second kappa shape index (κ2) is 6.68. The van der Waals surface area contributed by atoms with Crippen LogP contribution in [0.5, 0.6) is 5.75 Å². The zero-order valence-electron chi connectivity index (χ0n) is 14.4. The lowest BCUT2D eigenvalue weighted by Gasteiger charge is -2.33. The maximum Gasteiger partial charge on any atom is 0.138 e. The summed E-state index contributed by atoms with van der Waals surface area (Å²) < 4.78 is 13.2. The van der Waals surface area contributed by atoms with Gasteiger partial charge in [0, 0.05) is 31.9 Å². The van der Waals surface area contributed by atoms with Crippen LogP contribution in [0, 0.1) is 6.92 Å². The van der Waals surface area contributed by atoms with Crippen LogP contribution in [0.25, 0.3) is 0 Å². The standard InChI is InChI=1S/C18H21N5O2/c1-13-8-15(21-25-13)11-22-6-7-23-16(9-20-18(23)14(22)2)12-24-17-4-3-5-19-10-17/h3-5,8-10,14H,6-7,11-12H2,1-2H3/t14-/m1/s1. The molecule has 0 spiro atoms. The minimum Gasteiger partial charge on any atom is -0.486 e. The normalized spacial score (nSPS) is 17.4. The lowest BCUT2D eigenvalue weighted by Crippen LogP contribution is -2.37. The first kappa shape index (κ1) is 15.8. The Bertz CT molecular complexity index is 842. The van der Waals surface area contributed by atoms with E-state index in [0.717, 1.165) is 48.4 Å². The number of hydrogen-bond donors (Lipinski definition) is 0. The zero-order chi connectivity index (χ0) is 17.2. The molecule has 1 aliphatic heterocycles. The summed E-state index contributed by atoms with van der Waals surface area (Å²) in [5.41, 5.74) is 2.05. The van der Waals surface area contributed by atoms with Crippen molar-refractivity contribution in [2.45, 2.75) is 39.6 Å². The average molecular weight is 339 g/mol. The van der Waals surface area contributed by atoms with Crippen molar-refractivity contribution in [3.05, 3.63) is 59.8 Å². The minimum atomic E-state index is 0.220. The molecule has 0 unspecified atom stereocenters. The van der Waals surface area contributed by atoms with Gasteiger partial charge in [0.15, 0.2) is 0 Å². The van der Waals surface area contributed by atoms with E-state index in [2.05, 4.69) is 31.5 Å². The second-order valence-electron chi connectivity index (χ2n) is 6.31. The molecule has 3 aromatic rings. The summed E-state index contributed by atoms with van der Waals surface area (Å²) in [7, 11) is 0. The molecule has 4 rings (SSSR count). The van der Waals surface area contributed by atoms with E-state index in [1.54, 1.807) is 12.4 Å². The van der Waals surface area contributed by atoms with Gasteiger partial charge >= 0.3 is 0 Å². The molecule has 1 atom stereocenters. The number of aromatic nitrogens is 4. The summed E-state index contributed by atoms with van der Waals surface area (Å²) in [6.07, 6.45) is 5.36. The van der Waals surface area contributed by atoms with Crippen LogP contribution in [0.4, 0.5) is 0 Å². The summed E-state index contributed by atoms with van der Waals surface area (Å²) in [6.45, 7) is 7.19. The second-order valence-corrected chi connectivity index (χ2v) is 6.31. The molecule has 0 aromatic carbocycles. The Morgan fingerprint density at radius 2 is 2.24 bits per heavy atom. The molecular formula is C18H21N5O2. The quantitative estimate of drug-likeness (QED) is 0.712. The van der Waals surface area contributed by atoms with Gasteiger partial charge in [-0.15, -0.1) is 0 Å². The molecule has 0 fully saturated rings. The highest BCUT2D eigenvalue weighted by Crippen LogP contribution is 2.27. The van der Waals surface area contributed by atoms with Gasteiger partial charge < -0.3 is 13.8 Å². The predicted molar refractivity (Wildman–Crippen MR) is 90.9 cm³/mol. The van der Waals surface area contributed by atoms with Crippen molar-refractivity contribution in [3.8, 4) is 5.75 Å². The summed E-state index contributed by atoms with van der Waals surface area (Å²) in [4.78, 5) is 11.1. The maximum atomic E-state index is 5.82. The Kier molecular flexibility index (Phi) is 4.23. The number of aryl methyl sites for hydroxylation is 1. The molecule has 7 heteroatoms. The number of rotatable bonds is 5. The number of pyridine rings is 1. The molecule has 4 heterocycles. The van der Waals surface area contributed by atoms with E-state index < -0.39 is 0 Å². The number of imidazole rings is 1. The first-order chi connectivity index (χ1) is 12.2. The molecule has 0 saturated heterocycles. The van der Waals surface area contributed by atoms with Crippen molar-refractivity contribution in [3.63, 3.8) is 0 Å². The molecule has 0 radical (unpaired) electrons. The molecule has 1 aliphatic rings. The fourth-order valence-electron chi connectivity index (χ4n) is 3.23. The third kappa shape index (κ3) is 3.28. The van der Waals surface area contributed by atoms with Gasteiger partial charge in [-0.1, -0.05) is 5.16 Å². The Balaban J connectivity index is 1.45. The van der Waals surface area contributed by atoms with Crippen molar-refractivity contribution in [1.82, 2.24) is 24.6 Å². The third-order valence-corrected chi connectivity index (χ3v) is 4.56. The van der Waals surface area contributed by atoms with E-state index in [9.17, 15) is 0 Å². The van der Waals surface area contributed by atoms with Gasteiger partial charge in [-0.05, 0) is 26.0 Å². The van der Waals surface area contributed by atoms with Crippen LogP contribution in [0.1, 0.15) is 35.9 Å². The van der Waals surface area contributed by atoms with E-state index >= 15 is 0 Å². The van der Waals surface area contributed by atoms with E-state index in [1.807, 2.05) is 31.3 Å². The Labute approximate surface area is 146 Å². The lowest BCUT2D eigenvalue weighted by atomic mass is 10.2. The molecule has 3 aromatic heterocycles. The van der Waals surface area contributed by atoms with Gasteiger partial charge in [0.05, 0.1) is 29.8 Å². The summed E-state index contributed by atoms with van der Waals surface area (Å²) in [5.74, 6) is 2.68. The number of nitrogens with zero attached hydrogens (tertiary/aromatic N) is 5. The van der Waals surface area contributed by atoms with Gasteiger partial charge in [-0.25, -0.2) is 4.98 Å². The molecule has 0 saturated carbocycles. The van der Waals surface area contributed by atoms with Crippen LogP contribution >= 0.6 is 0 Å². The predicted octanol–water partition coefficient (Wildman–Crippen LogP) is 2.73. The first-order valence-electron chi connectivity index (χ1n) is 8.44. The fourth-order valence-corrected chi connectivity index (χ4v) is 3.23. The molecule has 0 N–H and O–H groups in total. The van der Waals surface area contributed by atoms with Gasteiger partial charge in [-0.2, -0.15) is 0 Å². The minimum absolute atomic E-state index is 0.220. The molecule has 25 heavy (non-hydrogen) atoms. The molecular weight excluding hydrogens is 318 g/mol. The molecule has 7 nitrogen and oxygen atoms in total. The van der Waals surface area contributed by atoms with Crippen LogP contribution in [0.15, 0.2) is 41.3 Å². The zero-order valence-corrected chi connectivity index (χ0v) is 14.4. The van der Waals surface area contributed by atoms with Crippen molar-refractivity contribution in [1.29, 1.82) is 0 Å². The van der Waals surface area contributed by atoms with Gasteiger partial charge in [0.1, 0.15) is 23.9 Å². The van der Waals surface area contributed by atoms with Crippen LogP contribution in [-0.2, 0) is 19.7 Å². The van der Waals surface area contributed by atoms with Crippen molar-refractivity contribution in [2.24, 2.45) is 0 Å². The fraction of sp³-hybridized carbons (Fsp3) is 0.389. The third-order valence-electron chi connectivity index (χ3n) is 4.56. The molecule has 0 bridgehead atoms. The molecule has 0 aliphatic carbocycles. The lowest BCUT2D eigenvalue weighted by molar-refractivity contribution is 0.148. The summed E-state index contributed by atoms with van der Waals surface area (Å²) >= 11 is 0. The summed E-state index contributed by atoms with van der Waals surface area (Å²) in [5, 5.41) is 4.10. The largest absolute Gasteiger partial charge is 0.486 e. The number of ether oxygens (including phenoxy) is 1. The SMILES string of the molecule is Cc1cc(CN2CCn3c(COc4cccnc4)cnc3[C@H]2C)no1. The number of hydrogen-bond acceptors (Lipinski definition) is 6. The van der Waals surface area contributed by atoms with Crippen LogP contribution in [0.3, 0.4) is 0 Å². The van der Waals surface area contributed by atoms with Gasteiger partial charge in [0.2, 0.25) is 0 Å². The van der Waals surface area contributed by atoms with Gasteiger partial charge in [-0.3, -0.25) is 9.88 Å². The Morgan fingerprint density at radius 1 is 1.32 bits per heavy atom. The average Bonchev–Trinajstić information content (AvgIpc) is 3.23. The summed E-state index contributed by atoms with van der Waals surface area (Å²) in [6, 6.07) is 5.98. The first-order valence-corrected chi connectivity index (χ1v) is 8.44. The monoisotopic (exact) mass is 339 g/mol. The van der Waals surface area contributed by atoms with E-state index in [0.29, 0.717) is 6.61 Å². The number of fused-ring (bicyclic) bond motifs is 1. The van der Waals surface area contributed by atoms with Crippen LogP contribution in [-0.4, -0.2) is 31.1 Å². The molecule has 130 valence electrons. The topological polar surface area (TPSA) is 69.2 Å². The van der Waals surface area contributed by atoms with E-state index in [4.69, 9.17) is 9.26 Å². The van der Waals surface area contributed by atoms with Gasteiger partial charge in [0.25, 0.3) is 0 Å². The van der Waals surface area contributed by atoms with Crippen LogP contribution in [0.2, 0.25) is 0 Å². The highest BCUT2D eigenvalue weighted by molar-refractivity contribution is 5.17. The highest BCUT2D eigenvalue weighted by Gasteiger charge is 2.27. The Morgan fingerprint density at radius 3 is 3.00 bits per heavy atom. The van der Waals surface area contributed by atoms with Crippen LogP contribution < -0.4 is 4.74 Å².